The molecule has 3 aromatic heterocycles. The van der Waals surface area contributed by atoms with Gasteiger partial charge < -0.3 is 4.74 Å². The highest BCUT2D eigenvalue weighted by atomic mass is 16.5. The standard InChI is InChI=1S/C21H25N5O3/c1-6-29-12-11-24-19(27)17-18(23(5)21(24)28)22-20-25(14(3)15(4)26(17)20)16-10-8-7-9-13(16)2/h7-10H,6,11-12H2,1-5H3. The maximum Gasteiger partial charge on any atom is 0.332 e. The Morgan fingerprint density at radius 1 is 1.07 bits per heavy atom. The van der Waals surface area contributed by atoms with Crippen molar-refractivity contribution in [1.29, 1.82) is 0 Å². The summed E-state index contributed by atoms with van der Waals surface area (Å²) in [6.07, 6.45) is 0. The van der Waals surface area contributed by atoms with E-state index in [-0.39, 0.29) is 17.8 Å². The van der Waals surface area contributed by atoms with Gasteiger partial charge in [0.2, 0.25) is 5.78 Å². The number of imidazole rings is 2. The summed E-state index contributed by atoms with van der Waals surface area (Å²) in [5, 5.41) is 0. The van der Waals surface area contributed by atoms with Gasteiger partial charge in [-0.3, -0.25) is 22.9 Å². The summed E-state index contributed by atoms with van der Waals surface area (Å²) in [6, 6.07) is 8.04. The number of aryl methyl sites for hydroxylation is 3. The average Bonchev–Trinajstić information content (AvgIpc) is 3.20. The third-order valence-corrected chi connectivity index (χ3v) is 5.54. The van der Waals surface area contributed by atoms with Crippen molar-refractivity contribution in [3.8, 4) is 5.69 Å². The maximum atomic E-state index is 13.3. The van der Waals surface area contributed by atoms with Crippen molar-refractivity contribution in [2.24, 2.45) is 7.05 Å². The van der Waals surface area contributed by atoms with Gasteiger partial charge in [0.1, 0.15) is 0 Å². The fourth-order valence-electron chi connectivity index (χ4n) is 3.85. The first-order valence-corrected chi connectivity index (χ1v) is 9.72. The lowest BCUT2D eigenvalue weighted by Crippen LogP contribution is -2.40. The molecule has 0 aliphatic rings. The van der Waals surface area contributed by atoms with Gasteiger partial charge in [-0.05, 0) is 39.3 Å². The summed E-state index contributed by atoms with van der Waals surface area (Å²) in [4.78, 5) is 30.8. The van der Waals surface area contributed by atoms with Gasteiger partial charge in [0.05, 0.1) is 18.8 Å². The first-order chi connectivity index (χ1) is 13.9. The molecule has 0 amide bonds. The molecule has 0 bridgehead atoms. The average molecular weight is 395 g/mol. The minimum absolute atomic E-state index is 0.207. The fourth-order valence-corrected chi connectivity index (χ4v) is 3.85. The Hall–Kier alpha value is -3.13. The van der Waals surface area contributed by atoms with Crippen molar-refractivity contribution in [3.05, 3.63) is 62.1 Å². The second kappa shape index (κ2) is 7.04. The van der Waals surface area contributed by atoms with Crippen molar-refractivity contribution in [2.45, 2.75) is 34.2 Å². The van der Waals surface area contributed by atoms with Crippen LogP contribution in [0.5, 0.6) is 0 Å². The number of hydrogen-bond acceptors (Lipinski definition) is 4. The minimum atomic E-state index is -0.389. The van der Waals surface area contributed by atoms with E-state index in [9.17, 15) is 9.59 Å². The van der Waals surface area contributed by atoms with E-state index in [1.807, 2.05) is 60.9 Å². The highest BCUT2D eigenvalue weighted by Crippen LogP contribution is 2.26. The minimum Gasteiger partial charge on any atom is -0.380 e. The number of nitrogens with zero attached hydrogens (tertiary/aromatic N) is 5. The second-order valence-corrected chi connectivity index (χ2v) is 7.21. The topological polar surface area (TPSA) is 75.5 Å². The number of fused-ring (bicyclic) bond motifs is 3. The van der Waals surface area contributed by atoms with Crippen LogP contribution in [-0.4, -0.2) is 36.3 Å². The van der Waals surface area contributed by atoms with Crippen LogP contribution in [0.3, 0.4) is 0 Å². The van der Waals surface area contributed by atoms with Crippen LogP contribution in [0.15, 0.2) is 33.9 Å². The normalized spacial score (nSPS) is 11.8. The third kappa shape index (κ3) is 2.74. The van der Waals surface area contributed by atoms with Gasteiger partial charge >= 0.3 is 5.69 Å². The number of hydrogen-bond donors (Lipinski definition) is 0. The molecule has 0 N–H and O–H groups in total. The first kappa shape index (κ1) is 19.2. The Bertz CT molecular complexity index is 1350. The van der Waals surface area contributed by atoms with Crippen LogP contribution in [0.2, 0.25) is 0 Å². The van der Waals surface area contributed by atoms with Crippen molar-refractivity contribution >= 4 is 16.9 Å². The molecular weight excluding hydrogens is 370 g/mol. The van der Waals surface area contributed by atoms with Crippen LogP contribution < -0.4 is 11.2 Å². The van der Waals surface area contributed by atoms with Crippen LogP contribution in [0.25, 0.3) is 22.6 Å². The van der Waals surface area contributed by atoms with Gasteiger partial charge in [0.15, 0.2) is 11.2 Å². The Kier molecular flexibility index (Phi) is 4.66. The smallest absolute Gasteiger partial charge is 0.332 e. The van der Waals surface area contributed by atoms with Crippen molar-refractivity contribution < 1.29 is 4.74 Å². The monoisotopic (exact) mass is 395 g/mol. The SMILES string of the molecule is CCOCCn1c(=O)c2c(nc3n(-c4ccccc4C)c(C)c(C)n23)n(C)c1=O. The fraction of sp³-hybridized carbons (Fsp3) is 0.381. The third-order valence-electron chi connectivity index (χ3n) is 5.54. The molecular formula is C21H25N5O3. The molecule has 8 nitrogen and oxygen atoms in total. The van der Waals surface area contributed by atoms with Gasteiger partial charge in [-0.1, -0.05) is 18.2 Å². The molecule has 0 aliphatic carbocycles. The summed E-state index contributed by atoms with van der Waals surface area (Å²) in [7, 11) is 1.65. The summed E-state index contributed by atoms with van der Waals surface area (Å²) in [6.45, 7) is 8.95. The van der Waals surface area contributed by atoms with E-state index in [0.29, 0.717) is 30.2 Å². The molecule has 4 aromatic rings. The van der Waals surface area contributed by atoms with E-state index in [1.165, 1.54) is 9.13 Å². The summed E-state index contributed by atoms with van der Waals surface area (Å²) < 4.78 is 11.9. The molecule has 0 atom stereocenters. The van der Waals surface area contributed by atoms with Crippen LogP contribution in [-0.2, 0) is 18.3 Å². The quantitative estimate of drug-likeness (QED) is 0.485. The van der Waals surface area contributed by atoms with E-state index in [4.69, 9.17) is 9.72 Å². The zero-order valence-electron chi connectivity index (χ0n) is 17.4. The molecule has 152 valence electrons. The Morgan fingerprint density at radius 2 is 1.79 bits per heavy atom. The molecule has 0 unspecified atom stereocenters. The number of para-hydroxylation sites is 1. The molecule has 0 saturated heterocycles. The molecule has 3 heterocycles. The number of rotatable bonds is 5. The molecule has 0 aliphatic heterocycles. The van der Waals surface area contributed by atoms with Crippen molar-refractivity contribution in [2.75, 3.05) is 13.2 Å². The molecule has 1 aromatic carbocycles. The zero-order chi connectivity index (χ0) is 20.9. The first-order valence-electron chi connectivity index (χ1n) is 9.72. The van der Waals surface area contributed by atoms with E-state index >= 15 is 0 Å². The molecule has 0 fully saturated rings. The molecule has 29 heavy (non-hydrogen) atoms. The number of aromatic nitrogens is 5. The molecule has 0 radical (unpaired) electrons. The van der Waals surface area contributed by atoms with Gasteiger partial charge in [-0.2, -0.15) is 4.98 Å². The zero-order valence-corrected chi connectivity index (χ0v) is 17.4. The van der Waals surface area contributed by atoms with Gasteiger partial charge in [-0.25, -0.2) is 4.79 Å². The van der Waals surface area contributed by atoms with E-state index in [0.717, 1.165) is 22.6 Å². The van der Waals surface area contributed by atoms with E-state index < -0.39 is 0 Å². The van der Waals surface area contributed by atoms with Crippen molar-refractivity contribution in [3.63, 3.8) is 0 Å². The second-order valence-electron chi connectivity index (χ2n) is 7.21. The van der Waals surface area contributed by atoms with Gasteiger partial charge in [0, 0.05) is 25.0 Å². The summed E-state index contributed by atoms with van der Waals surface area (Å²) >= 11 is 0. The van der Waals surface area contributed by atoms with Crippen LogP contribution >= 0.6 is 0 Å². The Balaban J connectivity index is 2.10. The van der Waals surface area contributed by atoms with E-state index in [1.54, 1.807) is 7.05 Å². The van der Waals surface area contributed by atoms with Crippen LogP contribution in [0.4, 0.5) is 0 Å². The Labute approximate surface area is 167 Å². The van der Waals surface area contributed by atoms with Gasteiger partial charge in [0.25, 0.3) is 5.56 Å². The largest absolute Gasteiger partial charge is 0.380 e. The van der Waals surface area contributed by atoms with Crippen molar-refractivity contribution in [1.82, 2.24) is 23.1 Å². The number of benzene rings is 1. The Morgan fingerprint density at radius 3 is 2.48 bits per heavy atom. The summed E-state index contributed by atoms with van der Waals surface area (Å²) in [5.41, 5.74) is 4.07. The number of ether oxygens (including phenoxy) is 1. The molecule has 0 saturated carbocycles. The highest BCUT2D eigenvalue weighted by molar-refractivity contribution is 5.77. The van der Waals surface area contributed by atoms with Crippen LogP contribution in [0, 0.1) is 20.8 Å². The predicted octanol–water partition coefficient (Wildman–Crippen LogP) is 2.10. The maximum absolute atomic E-state index is 13.3. The molecule has 8 heteroatoms. The lowest BCUT2D eigenvalue weighted by Gasteiger charge is -2.09. The van der Waals surface area contributed by atoms with E-state index in [2.05, 4.69) is 0 Å². The lowest BCUT2D eigenvalue weighted by atomic mass is 10.2. The molecule has 0 spiro atoms. The lowest BCUT2D eigenvalue weighted by molar-refractivity contribution is 0.137. The highest BCUT2D eigenvalue weighted by Gasteiger charge is 2.23. The molecule has 4 rings (SSSR count). The predicted molar refractivity (Wildman–Crippen MR) is 112 cm³/mol. The van der Waals surface area contributed by atoms with Gasteiger partial charge in [-0.15, -0.1) is 0 Å². The van der Waals surface area contributed by atoms with Crippen LogP contribution in [0.1, 0.15) is 23.9 Å². The summed E-state index contributed by atoms with van der Waals surface area (Å²) in [5.74, 6) is 0.624.